The number of amides is 2. The summed E-state index contributed by atoms with van der Waals surface area (Å²) >= 11 is 1.68. The molecule has 4 nitrogen and oxygen atoms in total. The summed E-state index contributed by atoms with van der Waals surface area (Å²) in [6, 6.07) is 8.50. The molecule has 24 heavy (non-hydrogen) atoms. The van der Waals surface area contributed by atoms with Crippen molar-refractivity contribution in [1.82, 2.24) is 9.80 Å². The number of hydrogen-bond acceptors (Lipinski definition) is 3. The molecule has 0 atom stereocenters. The lowest BCUT2D eigenvalue weighted by Gasteiger charge is -2.46. The van der Waals surface area contributed by atoms with Gasteiger partial charge in [-0.3, -0.25) is 4.90 Å². The summed E-state index contributed by atoms with van der Waals surface area (Å²) in [5.41, 5.74) is 0.872. The number of carbonyl (C=O) groups is 1. The molecular formula is C19H31N3OS. The number of benzene rings is 1. The summed E-state index contributed by atoms with van der Waals surface area (Å²) in [4.78, 5) is 18.0. The summed E-state index contributed by atoms with van der Waals surface area (Å²) in [5.74, 6) is 1.31. The SMILES string of the molecule is CSc1cccc(NC(=O)N2CC(N(CC(C)C)CC(C)C)C2)c1. The minimum absolute atomic E-state index is 0.0125. The van der Waals surface area contributed by atoms with Gasteiger partial charge in [0, 0.05) is 42.8 Å². The Morgan fingerprint density at radius 3 is 2.42 bits per heavy atom. The second-order valence-corrected chi connectivity index (χ2v) is 8.34. The van der Waals surface area contributed by atoms with Crippen molar-refractivity contribution in [3.8, 4) is 0 Å². The van der Waals surface area contributed by atoms with Crippen molar-refractivity contribution in [3.05, 3.63) is 24.3 Å². The maximum atomic E-state index is 12.4. The van der Waals surface area contributed by atoms with Crippen molar-refractivity contribution >= 4 is 23.5 Å². The molecule has 5 heteroatoms. The molecule has 0 bridgehead atoms. The molecule has 134 valence electrons. The van der Waals surface area contributed by atoms with Crippen LogP contribution < -0.4 is 5.32 Å². The number of likely N-dealkylation sites (tertiary alicyclic amines) is 1. The fourth-order valence-electron chi connectivity index (χ4n) is 3.07. The molecule has 0 aliphatic carbocycles. The first-order chi connectivity index (χ1) is 11.4. The fourth-order valence-corrected chi connectivity index (χ4v) is 3.53. The molecule has 2 amide bonds. The summed E-state index contributed by atoms with van der Waals surface area (Å²) < 4.78 is 0. The Morgan fingerprint density at radius 1 is 1.25 bits per heavy atom. The zero-order valence-electron chi connectivity index (χ0n) is 15.6. The van der Waals surface area contributed by atoms with Crippen LogP contribution in [-0.4, -0.2) is 54.3 Å². The second-order valence-electron chi connectivity index (χ2n) is 7.46. The topological polar surface area (TPSA) is 35.6 Å². The van der Waals surface area contributed by atoms with Gasteiger partial charge in [0.25, 0.3) is 0 Å². The summed E-state index contributed by atoms with van der Waals surface area (Å²) in [6.45, 7) is 12.9. The van der Waals surface area contributed by atoms with Crippen molar-refractivity contribution in [2.24, 2.45) is 11.8 Å². The van der Waals surface area contributed by atoms with Crippen molar-refractivity contribution < 1.29 is 4.79 Å². The highest BCUT2D eigenvalue weighted by atomic mass is 32.2. The third-order valence-electron chi connectivity index (χ3n) is 4.19. The Labute approximate surface area is 151 Å². The van der Waals surface area contributed by atoms with E-state index in [9.17, 15) is 4.79 Å². The van der Waals surface area contributed by atoms with Gasteiger partial charge in [-0.05, 0) is 36.3 Å². The first-order valence-corrected chi connectivity index (χ1v) is 10.1. The monoisotopic (exact) mass is 349 g/mol. The molecule has 0 aromatic heterocycles. The highest BCUT2D eigenvalue weighted by Crippen LogP contribution is 2.22. The van der Waals surface area contributed by atoms with Crippen LogP contribution in [0.15, 0.2) is 29.2 Å². The van der Waals surface area contributed by atoms with Crippen molar-refractivity contribution in [2.45, 2.75) is 38.6 Å². The van der Waals surface area contributed by atoms with Gasteiger partial charge >= 0.3 is 6.03 Å². The molecule has 0 spiro atoms. The minimum Gasteiger partial charge on any atom is -0.321 e. The predicted octanol–water partition coefficient (Wildman–Crippen LogP) is 4.24. The van der Waals surface area contributed by atoms with Gasteiger partial charge in [0.15, 0.2) is 0 Å². The van der Waals surface area contributed by atoms with Gasteiger partial charge in [-0.1, -0.05) is 33.8 Å². The van der Waals surface area contributed by atoms with Gasteiger partial charge in [0.2, 0.25) is 0 Å². The fraction of sp³-hybridized carbons (Fsp3) is 0.632. The van der Waals surface area contributed by atoms with E-state index < -0.39 is 0 Å². The van der Waals surface area contributed by atoms with Gasteiger partial charge in [-0.25, -0.2) is 4.79 Å². The summed E-state index contributed by atoms with van der Waals surface area (Å²) in [5, 5.41) is 3.01. The number of urea groups is 1. The third-order valence-corrected chi connectivity index (χ3v) is 4.91. The maximum Gasteiger partial charge on any atom is 0.321 e. The Morgan fingerprint density at radius 2 is 1.88 bits per heavy atom. The van der Waals surface area contributed by atoms with Crippen LogP contribution in [0.2, 0.25) is 0 Å². The van der Waals surface area contributed by atoms with E-state index in [2.05, 4.69) is 44.0 Å². The van der Waals surface area contributed by atoms with E-state index >= 15 is 0 Å². The van der Waals surface area contributed by atoms with E-state index in [1.807, 2.05) is 29.4 Å². The number of nitrogens with one attached hydrogen (secondary N) is 1. The molecule has 1 saturated heterocycles. The van der Waals surface area contributed by atoms with Gasteiger partial charge in [0.05, 0.1) is 0 Å². The number of hydrogen-bond donors (Lipinski definition) is 1. The molecule has 0 saturated carbocycles. The van der Waals surface area contributed by atoms with Crippen molar-refractivity contribution in [2.75, 3.05) is 37.8 Å². The highest BCUT2D eigenvalue weighted by molar-refractivity contribution is 7.98. The largest absolute Gasteiger partial charge is 0.321 e. The Bertz CT molecular complexity index is 531. The number of nitrogens with zero attached hydrogens (tertiary/aromatic N) is 2. The molecule has 1 fully saturated rings. The molecule has 1 N–H and O–H groups in total. The van der Waals surface area contributed by atoms with E-state index in [0.29, 0.717) is 17.9 Å². The van der Waals surface area contributed by atoms with Gasteiger partial charge in [-0.15, -0.1) is 11.8 Å². The zero-order valence-corrected chi connectivity index (χ0v) is 16.4. The van der Waals surface area contributed by atoms with Crippen LogP contribution >= 0.6 is 11.8 Å². The van der Waals surface area contributed by atoms with E-state index in [4.69, 9.17) is 0 Å². The van der Waals surface area contributed by atoms with Crippen LogP contribution in [0.1, 0.15) is 27.7 Å². The van der Waals surface area contributed by atoms with Crippen LogP contribution in [0.25, 0.3) is 0 Å². The lowest BCUT2D eigenvalue weighted by molar-refractivity contribution is 0.0464. The zero-order chi connectivity index (χ0) is 17.7. The van der Waals surface area contributed by atoms with Gasteiger partial charge in [-0.2, -0.15) is 0 Å². The first-order valence-electron chi connectivity index (χ1n) is 8.83. The van der Waals surface area contributed by atoms with E-state index in [0.717, 1.165) is 36.8 Å². The molecular weight excluding hydrogens is 318 g/mol. The first kappa shape index (κ1) is 19.1. The average molecular weight is 350 g/mol. The molecule has 1 heterocycles. The maximum absolute atomic E-state index is 12.4. The third kappa shape index (κ3) is 5.42. The van der Waals surface area contributed by atoms with Gasteiger partial charge in [0.1, 0.15) is 0 Å². The number of carbonyl (C=O) groups excluding carboxylic acids is 1. The Kier molecular flexibility index (Phi) is 6.99. The highest BCUT2D eigenvalue weighted by Gasteiger charge is 2.35. The van der Waals surface area contributed by atoms with Crippen LogP contribution in [0, 0.1) is 11.8 Å². The normalized spacial score (nSPS) is 15.2. The summed E-state index contributed by atoms with van der Waals surface area (Å²) in [6.07, 6.45) is 2.04. The predicted molar refractivity (Wildman–Crippen MR) is 104 cm³/mol. The molecule has 1 aromatic carbocycles. The molecule has 0 unspecified atom stereocenters. The number of anilines is 1. The Hall–Kier alpha value is -1.20. The lowest BCUT2D eigenvalue weighted by atomic mass is 10.0. The van der Waals surface area contributed by atoms with Crippen LogP contribution in [0.5, 0.6) is 0 Å². The molecule has 1 aliphatic heterocycles. The Balaban J connectivity index is 1.86. The molecule has 2 rings (SSSR count). The standard InChI is InChI=1S/C19H31N3OS/c1-14(2)10-21(11-15(3)4)17-12-22(13-17)19(23)20-16-7-6-8-18(9-16)24-5/h6-9,14-15,17H,10-13H2,1-5H3,(H,20,23). The van der Waals surface area contributed by atoms with Crippen molar-refractivity contribution in [3.63, 3.8) is 0 Å². The summed E-state index contributed by atoms with van der Waals surface area (Å²) in [7, 11) is 0. The quantitative estimate of drug-likeness (QED) is 0.748. The van der Waals surface area contributed by atoms with E-state index in [-0.39, 0.29) is 6.03 Å². The number of thioether (sulfide) groups is 1. The molecule has 1 aromatic rings. The van der Waals surface area contributed by atoms with Crippen LogP contribution in [0.4, 0.5) is 10.5 Å². The molecule has 1 aliphatic rings. The van der Waals surface area contributed by atoms with E-state index in [1.165, 1.54) is 0 Å². The lowest BCUT2D eigenvalue weighted by Crippen LogP contribution is -2.62. The smallest absolute Gasteiger partial charge is 0.321 e. The van der Waals surface area contributed by atoms with Crippen molar-refractivity contribution in [1.29, 1.82) is 0 Å². The average Bonchev–Trinajstić information content (AvgIpc) is 2.44. The van der Waals surface area contributed by atoms with Crippen LogP contribution in [-0.2, 0) is 0 Å². The van der Waals surface area contributed by atoms with E-state index in [1.54, 1.807) is 11.8 Å². The number of rotatable bonds is 7. The molecule has 0 radical (unpaired) electrons. The second kappa shape index (κ2) is 8.77. The van der Waals surface area contributed by atoms with Crippen LogP contribution in [0.3, 0.4) is 0 Å². The minimum atomic E-state index is 0.0125. The van der Waals surface area contributed by atoms with Gasteiger partial charge < -0.3 is 10.2 Å².